The number of hydrogen-bond acceptors (Lipinski definition) is 3. The zero-order valence-electron chi connectivity index (χ0n) is 12.3. The third kappa shape index (κ3) is 4.54. The summed E-state index contributed by atoms with van der Waals surface area (Å²) in [7, 11) is -3.36. The minimum Gasteiger partial charge on any atom is -0.356 e. The van der Waals surface area contributed by atoms with Gasteiger partial charge in [-0.25, -0.2) is 8.42 Å². The van der Waals surface area contributed by atoms with Crippen LogP contribution >= 0.6 is 0 Å². The molecule has 0 aliphatic carbocycles. The van der Waals surface area contributed by atoms with Crippen LogP contribution in [0, 0.1) is 0 Å². The molecule has 0 radical (unpaired) electrons. The van der Waals surface area contributed by atoms with Crippen molar-refractivity contribution in [3.05, 3.63) is 35.9 Å². The first kappa shape index (κ1) is 16.0. The van der Waals surface area contributed by atoms with E-state index in [1.807, 2.05) is 30.3 Å². The second-order valence-corrected chi connectivity index (χ2v) is 7.35. The van der Waals surface area contributed by atoms with Crippen molar-refractivity contribution in [3.8, 4) is 0 Å². The molecule has 1 unspecified atom stereocenters. The zero-order valence-corrected chi connectivity index (χ0v) is 13.1. The molecule has 0 aromatic heterocycles. The summed E-state index contributed by atoms with van der Waals surface area (Å²) in [6, 6.07) is 8.94. The van der Waals surface area contributed by atoms with E-state index in [1.165, 1.54) is 10.6 Å². The first-order valence-corrected chi connectivity index (χ1v) is 9.12. The van der Waals surface area contributed by atoms with E-state index >= 15 is 0 Å². The number of rotatable bonds is 2. The molecule has 1 saturated heterocycles. The second kappa shape index (κ2) is 7.04. The second-order valence-electron chi connectivity index (χ2n) is 5.41. The third-order valence-corrected chi connectivity index (χ3v) is 5.00. The van der Waals surface area contributed by atoms with Gasteiger partial charge in [-0.2, -0.15) is 4.31 Å². The summed E-state index contributed by atoms with van der Waals surface area (Å²) in [5.74, 6) is -0.0978. The highest BCUT2D eigenvalue weighted by Crippen LogP contribution is 2.27. The van der Waals surface area contributed by atoms with E-state index in [2.05, 4.69) is 5.32 Å². The maximum atomic E-state index is 12.1. The minimum atomic E-state index is -3.36. The van der Waals surface area contributed by atoms with Crippen molar-refractivity contribution in [1.29, 1.82) is 0 Å². The third-order valence-electron chi connectivity index (χ3n) is 3.71. The van der Waals surface area contributed by atoms with Crippen LogP contribution in [0.2, 0.25) is 0 Å². The highest BCUT2D eigenvalue weighted by atomic mass is 32.2. The molecule has 1 atom stereocenters. The van der Waals surface area contributed by atoms with Crippen molar-refractivity contribution in [2.45, 2.75) is 31.7 Å². The topological polar surface area (TPSA) is 66.5 Å². The Balaban J connectivity index is 2.35. The van der Waals surface area contributed by atoms with Gasteiger partial charge in [0.25, 0.3) is 0 Å². The van der Waals surface area contributed by atoms with Crippen LogP contribution in [0.4, 0.5) is 0 Å². The van der Waals surface area contributed by atoms with E-state index in [4.69, 9.17) is 0 Å². The number of carbonyl (C=O) groups excluding carboxylic acids is 1. The summed E-state index contributed by atoms with van der Waals surface area (Å²) < 4.78 is 25.7. The van der Waals surface area contributed by atoms with Crippen molar-refractivity contribution in [3.63, 3.8) is 0 Å². The van der Waals surface area contributed by atoms with Gasteiger partial charge in [0.1, 0.15) is 0 Å². The Morgan fingerprint density at radius 3 is 2.52 bits per heavy atom. The number of sulfonamides is 1. The molecule has 1 amide bonds. The van der Waals surface area contributed by atoms with Gasteiger partial charge in [-0.15, -0.1) is 0 Å². The first-order chi connectivity index (χ1) is 9.98. The largest absolute Gasteiger partial charge is 0.356 e. The van der Waals surface area contributed by atoms with E-state index in [0.29, 0.717) is 13.1 Å². The molecule has 1 N–H and O–H groups in total. The maximum absolute atomic E-state index is 12.1. The molecular weight excluding hydrogens is 288 g/mol. The Hall–Kier alpha value is -1.40. The fourth-order valence-electron chi connectivity index (χ4n) is 2.66. The SMILES string of the molecule is CS(=O)(=O)N1CCCCCNC(=O)CC1c1ccccc1. The van der Waals surface area contributed by atoms with Gasteiger partial charge in [0, 0.05) is 19.5 Å². The van der Waals surface area contributed by atoms with Crippen molar-refractivity contribution in [2.75, 3.05) is 19.3 Å². The Labute approximate surface area is 126 Å². The standard InChI is InChI=1S/C15H22N2O3S/c1-21(19,20)17-11-7-3-6-10-16-15(18)12-14(17)13-8-4-2-5-9-13/h2,4-5,8-9,14H,3,6-7,10-12H2,1H3,(H,16,18). The lowest BCUT2D eigenvalue weighted by Gasteiger charge is -2.30. The molecule has 5 nitrogen and oxygen atoms in total. The van der Waals surface area contributed by atoms with Crippen molar-refractivity contribution in [2.24, 2.45) is 0 Å². The molecule has 1 aliphatic heterocycles. The molecule has 6 heteroatoms. The fraction of sp³-hybridized carbons (Fsp3) is 0.533. The number of nitrogens with zero attached hydrogens (tertiary/aromatic N) is 1. The van der Waals surface area contributed by atoms with Crippen LogP contribution in [0.3, 0.4) is 0 Å². The van der Waals surface area contributed by atoms with Crippen molar-refractivity contribution < 1.29 is 13.2 Å². The lowest BCUT2D eigenvalue weighted by molar-refractivity contribution is -0.122. The summed E-state index contributed by atoms with van der Waals surface area (Å²) in [6.07, 6.45) is 3.99. The first-order valence-electron chi connectivity index (χ1n) is 7.27. The smallest absolute Gasteiger partial charge is 0.221 e. The molecule has 1 aliphatic rings. The van der Waals surface area contributed by atoms with Gasteiger partial charge >= 0.3 is 0 Å². The molecule has 0 bridgehead atoms. The van der Waals surface area contributed by atoms with Gasteiger partial charge in [-0.05, 0) is 18.4 Å². The number of carbonyl (C=O) groups is 1. The monoisotopic (exact) mass is 310 g/mol. The molecule has 0 saturated carbocycles. The molecule has 21 heavy (non-hydrogen) atoms. The molecule has 1 aromatic rings. The summed E-state index contributed by atoms with van der Waals surface area (Å²) >= 11 is 0. The van der Waals surface area contributed by atoms with E-state index < -0.39 is 16.1 Å². The van der Waals surface area contributed by atoms with Gasteiger partial charge in [-0.1, -0.05) is 36.8 Å². The summed E-state index contributed by atoms with van der Waals surface area (Å²) in [4.78, 5) is 12.0. The lowest BCUT2D eigenvalue weighted by Crippen LogP contribution is -2.39. The minimum absolute atomic E-state index is 0.0978. The van der Waals surface area contributed by atoms with E-state index in [-0.39, 0.29) is 12.3 Å². The van der Waals surface area contributed by atoms with Crippen LogP contribution in [0.15, 0.2) is 30.3 Å². The predicted molar refractivity (Wildman–Crippen MR) is 82.2 cm³/mol. The van der Waals surface area contributed by atoms with Crippen LogP contribution in [0.5, 0.6) is 0 Å². The number of benzene rings is 1. The van der Waals surface area contributed by atoms with Crippen LogP contribution in [-0.4, -0.2) is 38.0 Å². The van der Waals surface area contributed by atoms with Crippen LogP contribution in [-0.2, 0) is 14.8 Å². The van der Waals surface area contributed by atoms with Crippen LogP contribution in [0.1, 0.15) is 37.3 Å². The molecule has 116 valence electrons. The Morgan fingerprint density at radius 1 is 1.14 bits per heavy atom. The van der Waals surface area contributed by atoms with E-state index in [9.17, 15) is 13.2 Å². The van der Waals surface area contributed by atoms with Gasteiger partial charge in [0.2, 0.25) is 15.9 Å². The predicted octanol–water partition coefficient (Wildman–Crippen LogP) is 1.68. The molecule has 1 aromatic carbocycles. The molecule has 1 fully saturated rings. The van der Waals surface area contributed by atoms with E-state index in [0.717, 1.165) is 24.8 Å². The maximum Gasteiger partial charge on any atom is 0.221 e. The Kier molecular flexibility index (Phi) is 5.36. The fourth-order valence-corrected chi connectivity index (χ4v) is 3.78. The number of hydrogen-bond donors (Lipinski definition) is 1. The van der Waals surface area contributed by atoms with E-state index in [1.54, 1.807) is 0 Å². The van der Waals surface area contributed by atoms with Crippen molar-refractivity contribution >= 4 is 15.9 Å². The number of amides is 1. The van der Waals surface area contributed by atoms with Gasteiger partial charge < -0.3 is 5.32 Å². The molecule has 2 rings (SSSR count). The highest BCUT2D eigenvalue weighted by Gasteiger charge is 2.29. The highest BCUT2D eigenvalue weighted by molar-refractivity contribution is 7.88. The Bertz CT molecular complexity index is 572. The lowest BCUT2D eigenvalue weighted by atomic mass is 10.0. The Morgan fingerprint density at radius 2 is 1.86 bits per heavy atom. The van der Waals surface area contributed by atoms with Crippen LogP contribution < -0.4 is 5.32 Å². The average Bonchev–Trinajstić information content (AvgIpc) is 2.44. The van der Waals surface area contributed by atoms with Gasteiger partial charge in [-0.3, -0.25) is 4.79 Å². The zero-order chi connectivity index (χ0) is 15.3. The van der Waals surface area contributed by atoms with Gasteiger partial charge in [0.05, 0.1) is 12.3 Å². The summed E-state index contributed by atoms with van der Waals surface area (Å²) in [5, 5.41) is 2.86. The molecule has 1 heterocycles. The quantitative estimate of drug-likeness (QED) is 0.904. The van der Waals surface area contributed by atoms with Crippen molar-refractivity contribution in [1.82, 2.24) is 9.62 Å². The summed E-state index contributed by atoms with van der Waals surface area (Å²) in [5.41, 5.74) is 0.860. The average molecular weight is 310 g/mol. The normalized spacial score (nSPS) is 22.5. The summed E-state index contributed by atoms with van der Waals surface area (Å²) in [6.45, 7) is 1.13. The number of nitrogens with one attached hydrogen (secondary N) is 1. The van der Waals surface area contributed by atoms with Gasteiger partial charge in [0.15, 0.2) is 0 Å². The van der Waals surface area contributed by atoms with Crippen LogP contribution in [0.25, 0.3) is 0 Å². The molecule has 0 spiro atoms. The molecular formula is C15H22N2O3S.